The van der Waals surface area contributed by atoms with Gasteiger partial charge in [-0.2, -0.15) is 0 Å². The van der Waals surface area contributed by atoms with Gasteiger partial charge in [-0.05, 0) is 12.8 Å². The number of hydrogen-bond donors (Lipinski definition) is 0. The van der Waals surface area contributed by atoms with Crippen molar-refractivity contribution in [2.24, 2.45) is 0 Å². The van der Waals surface area contributed by atoms with Gasteiger partial charge in [-0.1, -0.05) is 117 Å². The lowest BCUT2D eigenvalue weighted by Crippen LogP contribution is -2.30. The zero-order valence-corrected chi connectivity index (χ0v) is 18.5. The molecule has 0 unspecified atom stereocenters. The van der Waals surface area contributed by atoms with Gasteiger partial charge in [0, 0.05) is 20.0 Å². The van der Waals surface area contributed by atoms with E-state index in [1.807, 2.05) is 0 Å². The Morgan fingerprint density at radius 1 is 0.500 bits per heavy atom. The van der Waals surface area contributed by atoms with Crippen molar-refractivity contribution in [2.45, 2.75) is 136 Å². The van der Waals surface area contributed by atoms with Gasteiger partial charge in [0.15, 0.2) is 0 Å². The monoisotopic (exact) mass is 367 g/mol. The van der Waals surface area contributed by atoms with Gasteiger partial charge in [0.25, 0.3) is 0 Å². The van der Waals surface area contributed by atoms with Crippen molar-refractivity contribution in [1.82, 2.24) is 4.90 Å². The van der Waals surface area contributed by atoms with Gasteiger partial charge < -0.3 is 4.90 Å². The second-order valence-corrected chi connectivity index (χ2v) is 8.16. The number of amides is 1. The molecule has 0 aliphatic rings. The molecule has 0 radical (unpaired) electrons. The van der Waals surface area contributed by atoms with Gasteiger partial charge in [0.05, 0.1) is 0 Å². The van der Waals surface area contributed by atoms with Crippen molar-refractivity contribution >= 4 is 5.91 Å². The van der Waals surface area contributed by atoms with E-state index in [1.165, 1.54) is 116 Å². The second kappa shape index (κ2) is 20.8. The summed E-state index contributed by atoms with van der Waals surface area (Å²) in [5, 5.41) is 0. The molecule has 0 aromatic rings. The summed E-state index contributed by atoms with van der Waals surface area (Å²) in [5.74, 6) is 0.267. The molecule has 0 saturated heterocycles. The topological polar surface area (TPSA) is 20.3 Å². The van der Waals surface area contributed by atoms with Gasteiger partial charge in [0.2, 0.25) is 5.91 Å². The molecule has 0 aliphatic carbocycles. The SMILES string of the molecule is CCCCCCCCCCCCN(CCCCCCCCCC)C(C)=O. The Kier molecular flexibility index (Phi) is 20.4. The molecule has 2 heteroatoms. The minimum atomic E-state index is 0.267. The van der Waals surface area contributed by atoms with Crippen molar-refractivity contribution in [2.75, 3.05) is 13.1 Å². The average Bonchev–Trinajstić information content (AvgIpc) is 2.63. The van der Waals surface area contributed by atoms with E-state index in [0.29, 0.717) is 0 Å². The minimum Gasteiger partial charge on any atom is -0.343 e. The fraction of sp³-hybridized carbons (Fsp3) is 0.958. The van der Waals surface area contributed by atoms with Gasteiger partial charge >= 0.3 is 0 Å². The molecule has 0 aromatic heterocycles. The van der Waals surface area contributed by atoms with E-state index in [9.17, 15) is 4.79 Å². The zero-order chi connectivity index (χ0) is 19.3. The Balaban J connectivity index is 3.46. The van der Waals surface area contributed by atoms with Crippen LogP contribution in [0.5, 0.6) is 0 Å². The summed E-state index contributed by atoms with van der Waals surface area (Å²) >= 11 is 0. The highest BCUT2D eigenvalue weighted by molar-refractivity contribution is 5.73. The lowest BCUT2D eigenvalue weighted by atomic mass is 10.1. The standard InChI is InChI=1S/C24H49NO/c1-4-6-8-10-12-14-15-17-19-21-23-25(24(3)26)22-20-18-16-13-11-9-7-5-2/h4-23H2,1-3H3. The normalized spacial score (nSPS) is 11.0. The maximum atomic E-state index is 11.8. The number of nitrogens with zero attached hydrogens (tertiary/aromatic N) is 1. The van der Waals surface area contributed by atoms with Crippen molar-refractivity contribution in [1.29, 1.82) is 0 Å². The van der Waals surface area contributed by atoms with Gasteiger partial charge in [0.1, 0.15) is 0 Å². The smallest absolute Gasteiger partial charge is 0.219 e. The van der Waals surface area contributed by atoms with Crippen molar-refractivity contribution < 1.29 is 4.79 Å². The van der Waals surface area contributed by atoms with Crippen LogP contribution in [0.3, 0.4) is 0 Å². The summed E-state index contributed by atoms with van der Waals surface area (Å²) in [6, 6.07) is 0. The number of hydrogen-bond acceptors (Lipinski definition) is 1. The summed E-state index contributed by atoms with van der Waals surface area (Å²) in [5.41, 5.74) is 0. The molecule has 0 spiro atoms. The number of unbranched alkanes of at least 4 members (excludes halogenated alkanes) is 16. The molecular weight excluding hydrogens is 318 g/mol. The van der Waals surface area contributed by atoms with Crippen molar-refractivity contribution in [3.63, 3.8) is 0 Å². The highest BCUT2D eigenvalue weighted by Crippen LogP contribution is 2.12. The summed E-state index contributed by atoms with van der Waals surface area (Å²) in [6.45, 7) is 8.23. The Morgan fingerprint density at radius 2 is 0.769 bits per heavy atom. The predicted molar refractivity (Wildman–Crippen MR) is 117 cm³/mol. The van der Waals surface area contributed by atoms with Crippen LogP contribution in [0.1, 0.15) is 136 Å². The van der Waals surface area contributed by atoms with Crippen LogP contribution >= 0.6 is 0 Å². The molecule has 0 bridgehead atoms. The first-order chi connectivity index (χ1) is 12.7. The highest BCUT2D eigenvalue weighted by Gasteiger charge is 2.07. The Morgan fingerprint density at radius 3 is 1.04 bits per heavy atom. The molecule has 0 atom stereocenters. The molecule has 0 heterocycles. The molecule has 1 amide bonds. The molecule has 2 nitrogen and oxygen atoms in total. The molecule has 26 heavy (non-hydrogen) atoms. The molecule has 0 fully saturated rings. The van der Waals surface area contributed by atoms with Crippen LogP contribution in [0.15, 0.2) is 0 Å². The first-order valence-electron chi connectivity index (χ1n) is 12.0. The summed E-state index contributed by atoms with van der Waals surface area (Å²) in [4.78, 5) is 13.9. The third-order valence-corrected chi connectivity index (χ3v) is 5.51. The largest absolute Gasteiger partial charge is 0.343 e. The summed E-state index contributed by atoms with van der Waals surface area (Å²) < 4.78 is 0. The third kappa shape index (κ3) is 18.3. The zero-order valence-electron chi connectivity index (χ0n) is 18.5. The number of carbonyl (C=O) groups is 1. The Hall–Kier alpha value is -0.530. The maximum Gasteiger partial charge on any atom is 0.219 e. The van der Waals surface area contributed by atoms with Crippen LogP contribution in [0.2, 0.25) is 0 Å². The number of rotatable bonds is 20. The van der Waals surface area contributed by atoms with E-state index >= 15 is 0 Å². The second-order valence-electron chi connectivity index (χ2n) is 8.16. The Labute approximate surface area is 165 Å². The van der Waals surface area contributed by atoms with E-state index in [-0.39, 0.29) is 5.91 Å². The first-order valence-corrected chi connectivity index (χ1v) is 12.0. The quantitative estimate of drug-likeness (QED) is 0.200. The Bertz CT molecular complexity index is 290. The lowest BCUT2D eigenvalue weighted by Gasteiger charge is -2.21. The van der Waals surface area contributed by atoms with Crippen molar-refractivity contribution in [3.05, 3.63) is 0 Å². The van der Waals surface area contributed by atoms with Crippen LogP contribution in [0.25, 0.3) is 0 Å². The van der Waals surface area contributed by atoms with Gasteiger partial charge in [-0.3, -0.25) is 4.79 Å². The maximum absolute atomic E-state index is 11.8. The summed E-state index contributed by atoms with van der Waals surface area (Å²) in [7, 11) is 0. The van der Waals surface area contributed by atoms with Crippen LogP contribution in [0.4, 0.5) is 0 Å². The van der Waals surface area contributed by atoms with E-state index in [1.54, 1.807) is 6.92 Å². The molecule has 0 saturated carbocycles. The molecule has 156 valence electrons. The molecule has 0 rings (SSSR count). The fourth-order valence-electron chi connectivity index (χ4n) is 3.65. The van der Waals surface area contributed by atoms with Crippen molar-refractivity contribution in [3.8, 4) is 0 Å². The van der Waals surface area contributed by atoms with Crippen LogP contribution in [-0.4, -0.2) is 23.9 Å². The molecule has 0 aromatic carbocycles. The van der Waals surface area contributed by atoms with Crippen LogP contribution in [0, 0.1) is 0 Å². The van der Waals surface area contributed by atoms with Crippen LogP contribution < -0.4 is 0 Å². The van der Waals surface area contributed by atoms with Gasteiger partial charge in [-0.25, -0.2) is 0 Å². The highest BCUT2D eigenvalue weighted by atomic mass is 16.2. The van der Waals surface area contributed by atoms with Crippen LogP contribution in [-0.2, 0) is 4.79 Å². The first kappa shape index (κ1) is 25.5. The fourth-order valence-corrected chi connectivity index (χ4v) is 3.65. The van der Waals surface area contributed by atoms with E-state index < -0.39 is 0 Å². The third-order valence-electron chi connectivity index (χ3n) is 5.51. The van der Waals surface area contributed by atoms with E-state index in [4.69, 9.17) is 0 Å². The minimum absolute atomic E-state index is 0.267. The summed E-state index contributed by atoms with van der Waals surface area (Å²) in [6.07, 6.45) is 24.3. The molecule has 0 aliphatic heterocycles. The molecular formula is C24H49NO. The molecule has 0 N–H and O–H groups in total. The van der Waals surface area contributed by atoms with E-state index in [2.05, 4.69) is 18.7 Å². The van der Waals surface area contributed by atoms with E-state index in [0.717, 1.165) is 13.1 Å². The number of carbonyl (C=O) groups excluding carboxylic acids is 1. The average molecular weight is 368 g/mol. The predicted octanol–water partition coefficient (Wildman–Crippen LogP) is 7.90. The lowest BCUT2D eigenvalue weighted by molar-refractivity contribution is -0.129. The van der Waals surface area contributed by atoms with Gasteiger partial charge in [-0.15, -0.1) is 0 Å².